The highest BCUT2D eigenvalue weighted by atomic mass is 32.1. The second kappa shape index (κ2) is 6.72. The molecule has 0 aliphatic heterocycles. The van der Waals surface area contributed by atoms with Gasteiger partial charge in [-0.2, -0.15) is 0 Å². The van der Waals surface area contributed by atoms with Crippen LogP contribution in [0, 0.1) is 17.6 Å². The summed E-state index contributed by atoms with van der Waals surface area (Å²) < 4.78 is 29.2. The first kappa shape index (κ1) is 16.5. The van der Waals surface area contributed by atoms with Crippen molar-refractivity contribution in [1.29, 1.82) is 0 Å². The van der Waals surface area contributed by atoms with Gasteiger partial charge in [-0.1, -0.05) is 31.2 Å². The quantitative estimate of drug-likeness (QED) is 0.469. The van der Waals surface area contributed by atoms with Gasteiger partial charge in [0.05, 0.1) is 5.56 Å². The molecule has 3 heteroatoms. The van der Waals surface area contributed by atoms with E-state index in [0.717, 1.165) is 29.2 Å². The molecule has 128 valence electrons. The number of aryl methyl sites for hydroxylation is 1. The molecule has 0 nitrogen and oxygen atoms in total. The first-order chi connectivity index (χ1) is 12.1. The minimum absolute atomic E-state index is 0.0822. The fraction of sp³-hybridized carbons (Fsp3) is 0.273. The number of hydrogen-bond donors (Lipinski definition) is 0. The van der Waals surface area contributed by atoms with E-state index in [2.05, 4.69) is 12.1 Å². The molecule has 1 saturated carbocycles. The van der Waals surface area contributed by atoms with E-state index in [-0.39, 0.29) is 5.56 Å². The molecule has 25 heavy (non-hydrogen) atoms. The summed E-state index contributed by atoms with van der Waals surface area (Å²) >= 11 is 1.45. The molecule has 1 heterocycles. The minimum atomic E-state index is -0.499. The molecule has 1 fully saturated rings. The van der Waals surface area contributed by atoms with Crippen LogP contribution in [-0.4, -0.2) is 0 Å². The van der Waals surface area contributed by atoms with Gasteiger partial charge in [-0.15, -0.1) is 11.3 Å². The predicted molar refractivity (Wildman–Crippen MR) is 101 cm³/mol. The zero-order valence-electron chi connectivity index (χ0n) is 14.2. The van der Waals surface area contributed by atoms with Crippen LogP contribution < -0.4 is 0 Å². The van der Waals surface area contributed by atoms with Crippen molar-refractivity contribution < 1.29 is 8.78 Å². The molecule has 3 aromatic rings. The maximum Gasteiger partial charge on any atom is 0.135 e. The third-order valence-electron chi connectivity index (χ3n) is 4.81. The van der Waals surface area contributed by atoms with Crippen molar-refractivity contribution in [3.05, 3.63) is 70.6 Å². The molecule has 1 aromatic heterocycles. The van der Waals surface area contributed by atoms with Gasteiger partial charge in [0.25, 0.3) is 0 Å². The van der Waals surface area contributed by atoms with E-state index in [1.807, 2.05) is 25.1 Å². The predicted octanol–water partition coefficient (Wildman–Crippen LogP) is 6.88. The molecular formula is C22H20F2S. The summed E-state index contributed by atoms with van der Waals surface area (Å²) in [6, 6.07) is 14.7. The summed E-state index contributed by atoms with van der Waals surface area (Å²) in [5, 5.41) is 0. The second-order valence-electron chi connectivity index (χ2n) is 6.78. The van der Waals surface area contributed by atoms with Gasteiger partial charge in [0.15, 0.2) is 0 Å². The lowest BCUT2D eigenvalue weighted by molar-refractivity contribution is 0.591. The molecule has 1 aliphatic carbocycles. The number of hydrogen-bond acceptors (Lipinski definition) is 1. The zero-order valence-corrected chi connectivity index (χ0v) is 15.0. The van der Waals surface area contributed by atoms with Crippen molar-refractivity contribution in [3.63, 3.8) is 0 Å². The number of benzene rings is 2. The van der Waals surface area contributed by atoms with Gasteiger partial charge in [0.2, 0.25) is 0 Å². The van der Waals surface area contributed by atoms with Crippen LogP contribution >= 0.6 is 11.3 Å². The van der Waals surface area contributed by atoms with Crippen LogP contribution in [-0.2, 0) is 12.8 Å². The first-order valence-electron chi connectivity index (χ1n) is 8.81. The Morgan fingerprint density at radius 3 is 2.16 bits per heavy atom. The Bertz CT molecular complexity index is 866. The van der Waals surface area contributed by atoms with Crippen LogP contribution in [0.4, 0.5) is 8.78 Å². The van der Waals surface area contributed by atoms with Gasteiger partial charge in [-0.3, -0.25) is 0 Å². The Morgan fingerprint density at radius 2 is 1.60 bits per heavy atom. The monoisotopic (exact) mass is 354 g/mol. The maximum atomic E-state index is 14.6. The smallest absolute Gasteiger partial charge is 0.135 e. The molecule has 0 radical (unpaired) electrons. The summed E-state index contributed by atoms with van der Waals surface area (Å²) in [7, 11) is 0. The molecule has 0 unspecified atom stereocenters. The van der Waals surface area contributed by atoms with Crippen molar-refractivity contribution in [2.75, 3.05) is 0 Å². The van der Waals surface area contributed by atoms with E-state index < -0.39 is 11.6 Å². The van der Waals surface area contributed by atoms with Gasteiger partial charge in [-0.25, -0.2) is 8.78 Å². The van der Waals surface area contributed by atoms with E-state index >= 15 is 0 Å². The van der Waals surface area contributed by atoms with Gasteiger partial charge in [-0.05, 0) is 72.6 Å². The average Bonchev–Trinajstić information content (AvgIpc) is 3.29. The van der Waals surface area contributed by atoms with Crippen LogP contribution in [0.1, 0.15) is 30.2 Å². The first-order valence-corrected chi connectivity index (χ1v) is 9.63. The van der Waals surface area contributed by atoms with Crippen LogP contribution in [0.15, 0.2) is 48.5 Å². The van der Waals surface area contributed by atoms with Gasteiger partial charge < -0.3 is 0 Å². The van der Waals surface area contributed by atoms with E-state index in [0.29, 0.717) is 10.4 Å². The van der Waals surface area contributed by atoms with Gasteiger partial charge >= 0.3 is 0 Å². The molecule has 0 atom stereocenters. The van der Waals surface area contributed by atoms with Crippen LogP contribution in [0.5, 0.6) is 0 Å². The Hall–Kier alpha value is -2.00. The fourth-order valence-electron chi connectivity index (χ4n) is 3.17. The van der Waals surface area contributed by atoms with Crippen LogP contribution in [0.25, 0.3) is 21.6 Å². The number of rotatable bonds is 5. The Kier molecular flexibility index (Phi) is 4.43. The van der Waals surface area contributed by atoms with Crippen molar-refractivity contribution in [3.8, 4) is 21.6 Å². The summed E-state index contributed by atoms with van der Waals surface area (Å²) in [5.41, 5.74) is 2.82. The fourth-order valence-corrected chi connectivity index (χ4v) is 4.16. The molecule has 2 aromatic carbocycles. The summed E-state index contributed by atoms with van der Waals surface area (Å²) in [4.78, 5) is 1.78. The van der Waals surface area contributed by atoms with E-state index in [4.69, 9.17) is 0 Å². The van der Waals surface area contributed by atoms with Crippen LogP contribution in [0.2, 0.25) is 0 Å². The standard InChI is InChI=1S/C22H20F2S/c1-2-18-9-10-21(25-18)22-19(23)12-17(13-20(22)24)16-7-5-15(6-8-16)11-14-3-4-14/h5-10,12-14H,2-4,11H2,1H3. The SMILES string of the molecule is CCc1ccc(-c2c(F)cc(-c3ccc(CC4CC4)cc3)cc2F)s1. The molecule has 1 aliphatic rings. The summed E-state index contributed by atoms with van der Waals surface area (Å²) in [5.74, 6) is -0.165. The number of halogens is 2. The van der Waals surface area contributed by atoms with Gasteiger partial charge in [0.1, 0.15) is 11.6 Å². The van der Waals surface area contributed by atoms with E-state index in [1.165, 1.54) is 41.9 Å². The Labute approximate surface area is 151 Å². The summed E-state index contributed by atoms with van der Waals surface area (Å²) in [6.07, 6.45) is 4.63. The van der Waals surface area contributed by atoms with Crippen molar-refractivity contribution in [2.45, 2.75) is 32.6 Å². The molecule has 0 spiro atoms. The van der Waals surface area contributed by atoms with Crippen molar-refractivity contribution in [1.82, 2.24) is 0 Å². The second-order valence-corrected chi connectivity index (χ2v) is 7.95. The average molecular weight is 354 g/mol. The third-order valence-corrected chi connectivity index (χ3v) is 6.05. The molecule has 0 amide bonds. The third kappa shape index (κ3) is 3.52. The highest BCUT2D eigenvalue weighted by Gasteiger charge is 2.21. The zero-order chi connectivity index (χ0) is 17.4. The van der Waals surface area contributed by atoms with E-state index in [9.17, 15) is 8.78 Å². The highest BCUT2D eigenvalue weighted by molar-refractivity contribution is 7.15. The molecule has 4 rings (SSSR count). The molecule has 0 bridgehead atoms. The summed E-state index contributed by atoms with van der Waals surface area (Å²) in [6.45, 7) is 2.04. The van der Waals surface area contributed by atoms with E-state index in [1.54, 1.807) is 6.07 Å². The molecular weight excluding hydrogens is 334 g/mol. The Morgan fingerprint density at radius 1 is 0.920 bits per heavy atom. The minimum Gasteiger partial charge on any atom is -0.206 e. The lowest BCUT2D eigenvalue weighted by Crippen LogP contribution is -1.91. The largest absolute Gasteiger partial charge is 0.206 e. The van der Waals surface area contributed by atoms with Crippen molar-refractivity contribution in [2.24, 2.45) is 5.92 Å². The lowest BCUT2D eigenvalue weighted by atomic mass is 9.99. The van der Waals surface area contributed by atoms with Crippen molar-refractivity contribution >= 4 is 11.3 Å². The van der Waals surface area contributed by atoms with Gasteiger partial charge in [0, 0.05) is 9.75 Å². The highest BCUT2D eigenvalue weighted by Crippen LogP contribution is 2.36. The lowest BCUT2D eigenvalue weighted by Gasteiger charge is -2.08. The normalized spacial score (nSPS) is 14.0. The topological polar surface area (TPSA) is 0 Å². The molecule has 0 saturated heterocycles. The number of thiophene rings is 1. The maximum absolute atomic E-state index is 14.6. The Balaban J connectivity index is 1.64. The molecule has 0 N–H and O–H groups in total. The van der Waals surface area contributed by atoms with Crippen LogP contribution in [0.3, 0.4) is 0 Å².